The van der Waals surface area contributed by atoms with Gasteiger partial charge in [0.15, 0.2) is 11.6 Å². The molecule has 0 aliphatic heterocycles. The van der Waals surface area contributed by atoms with E-state index in [-0.39, 0.29) is 53.4 Å². The van der Waals surface area contributed by atoms with Gasteiger partial charge in [-0.3, -0.25) is 9.69 Å². The van der Waals surface area contributed by atoms with Crippen molar-refractivity contribution in [3.05, 3.63) is 82.2 Å². The maximum Gasteiger partial charge on any atom is 0.416 e. The number of hydrogen-bond donors (Lipinski definition) is 0. The molecule has 5 nitrogen and oxygen atoms in total. The van der Waals surface area contributed by atoms with Gasteiger partial charge in [0.25, 0.3) is 6.47 Å². The SMILES string of the molecule is CC.COc1cc(F)c(OC2CCCCC2)cc1-c1ccc(C(F)(F)F)cc1CN(C)[C@@H](C)[C@H](OC=O)c1cc(C(F)(F)F)cc(C(F)(F)F)c1. The summed E-state index contributed by atoms with van der Waals surface area (Å²) in [5.41, 5.74) is -4.65. The molecule has 282 valence electrons. The van der Waals surface area contributed by atoms with E-state index in [4.69, 9.17) is 14.2 Å². The quantitative estimate of drug-likeness (QED) is 0.145. The molecule has 0 saturated heterocycles. The fourth-order valence-electron chi connectivity index (χ4n) is 5.85. The maximum absolute atomic E-state index is 15.1. The van der Waals surface area contributed by atoms with Crippen LogP contribution in [-0.2, 0) is 34.6 Å². The predicted molar refractivity (Wildman–Crippen MR) is 170 cm³/mol. The van der Waals surface area contributed by atoms with Crippen molar-refractivity contribution in [3.8, 4) is 22.6 Å². The molecule has 1 aliphatic carbocycles. The first-order valence-electron chi connectivity index (χ1n) is 16.2. The Bertz CT molecular complexity index is 1580. The third-order valence-electron chi connectivity index (χ3n) is 8.52. The average molecular weight is 740 g/mol. The van der Waals surface area contributed by atoms with Gasteiger partial charge >= 0.3 is 18.5 Å². The second-order valence-corrected chi connectivity index (χ2v) is 11.9. The third kappa shape index (κ3) is 10.5. The van der Waals surface area contributed by atoms with Crippen molar-refractivity contribution >= 4 is 6.47 Å². The molecule has 3 aromatic carbocycles. The van der Waals surface area contributed by atoms with Crippen LogP contribution in [0.4, 0.5) is 43.9 Å². The van der Waals surface area contributed by atoms with Crippen LogP contribution in [0.15, 0.2) is 48.5 Å². The van der Waals surface area contributed by atoms with Gasteiger partial charge in [-0.2, -0.15) is 39.5 Å². The normalized spacial score (nSPS) is 15.5. The smallest absolute Gasteiger partial charge is 0.416 e. The fraction of sp³-hybridized carbons (Fsp3) is 0.472. The van der Waals surface area contributed by atoms with E-state index in [0.29, 0.717) is 25.0 Å². The van der Waals surface area contributed by atoms with Gasteiger partial charge in [-0.1, -0.05) is 26.3 Å². The van der Waals surface area contributed by atoms with Crippen molar-refractivity contribution < 1.29 is 62.9 Å². The number of nitrogens with zero attached hydrogens (tertiary/aromatic N) is 1. The maximum atomic E-state index is 15.1. The monoisotopic (exact) mass is 739 g/mol. The van der Waals surface area contributed by atoms with Crippen molar-refractivity contribution in [2.45, 2.75) is 96.2 Å². The summed E-state index contributed by atoms with van der Waals surface area (Å²) in [5.74, 6) is -0.922. The van der Waals surface area contributed by atoms with Gasteiger partial charge in [-0.25, -0.2) is 4.39 Å². The highest BCUT2D eigenvalue weighted by atomic mass is 19.4. The van der Waals surface area contributed by atoms with Crippen molar-refractivity contribution in [1.29, 1.82) is 0 Å². The summed E-state index contributed by atoms with van der Waals surface area (Å²) in [6.07, 6.45) is -13.0. The van der Waals surface area contributed by atoms with Gasteiger partial charge in [0.05, 0.1) is 29.9 Å². The topological polar surface area (TPSA) is 48.0 Å². The van der Waals surface area contributed by atoms with Gasteiger partial charge in [0, 0.05) is 24.2 Å². The van der Waals surface area contributed by atoms with Crippen LogP contribution in [0.1, 0.15) is 86.8 Å². The molecule has 1 aliphatic rings. The summed E-state index contributed by atoms with van der Waals surface area (Å²) < 4.78 is 155. The van der Waals surface area contributed by atoms with Crippen LogP contribution in [0.2, 0.25) is 0 Å². The number of likely N-dealkylation sites (N-methyl/N-ethyl adjacent to an activating group) is 1. The molecule has 0 radical (unpaired) electrons. The zero-order chi connectivity index (χ0) is 38.3. The Morgan fingerprint density at radius 1 is 0.784 bits per heavy atom. The molecule has 0 aromatic heterocycles. The van der Waals surface area contributed by atoms with Gasteiger partial charge < -0.3 is 14.2 Å². The van der Waals surface area contributed by atoms with Crippen LogP contribution in [0.3, 0.4) is 0 Å². The molecular formula is C36H39F10NO4. The van der Waals surface area contributed by atoms with E-state index in [1.165, 1.54) is 32.0 Å². The molecule has 0 unspecified atom stereocenters. The lowest BCUT2D eigenvalue weighted by molar-refractivity contribution is -0.143. The molecule has 2 atom stereocenters. The molecule has 0 amide bonds. The lowest BCUT2D eigenvalue weighted by atomic mass is 9.94. The number of rotatable bonds is 11. The summed E-state index contributed by atoms with van der Waals surface area (Å²) in [6.45, 7) is 4.79. The van der Waals surface area contributed by atoms with E-state index in [1.807, 2.05) is 13.8 Å². The van der Waals surface area contributed by atoms with Crippen LogP contribution >= 0.6 is 0 Å². The van der Waals surface area contributed by atoms with E-state index in [2.05, 4.69) is 0 Å². The number of carbonyl (C=O) groups is 1. The number of alkyl halides is 9. The van der Waals surface area contributed by atoms with Gasteiger partial charge in [-0.15, -0.1) is 0 Å². The summed E-state index contributed by atoms with van der Waals surface area (Å²) in [4.78, 5) is 12.7. The van der Waals surface area contributed by atoms with Crippen LogP contribution < -0.4 is 9.47 Å². The number of carbonyl (C=O) groups excluding carboxylic acids is 1. The fourth-order valence-corrected chi connectivity index (χ4v) is 5.85. The minimum absolute atomic E-state index is 0.0115. The lowest BCUT2D eigenvalue weighted by Crippen LogP contribution is -2.35. The summed E-state index contributed by atoms with van der Waals surface area (Å²) in [7, 11) is 2.58. The van der Waals surface area contributed by atoms with E-state index < -0.39 is 58.7 Å². The number of hydrogen-bond acceptors (Lipinski definition) is 5. The first-order chi connectivity index (χ1) is 23.8. The summed E-state index contributed by atoms with van der Waals surface area (Å²) in [5, 5.41) is 0. The molecule has 3 aromatic rings. The molecule has 51 heavy (non-hydrogen) atoms. The molecule has 4 rings (SSSR count). The standard InChI is InChI=1S/C34H33F10NO4.C2H6/c1-19(31(48-18-46)20-11-23(33(39,40)41)14-24(12-20)34(42,43)44)45(2)17-21-13-22(32(36,37)38)9-10-26(21)27-15-30(28(35)16-29(27)47-3)49-25-7-5-4-6-8-25;1-2/h9-16,18-19,25,31H,4-8,17H2,1-3H3;1-2H3/t19-,31-;/m0./s1. The van der Waals surface area contributed by atoms with Crippen molar-refractivity contribution in [3.63, 3.8) is 0 Å². The number of methoxy groups -OCH3 is 1. The largest absolute Gasteiger partial charge is 0.496 e. The predicted octanol–water partition coefficient (Wildman–Crippen LogP) is 11.0. The van der Waals surface area contributed by atoms with Crippen molar-refractivity contribution in [2.24, 2.45) is 0 Å². The Hall–Kier alpha value is -4.01. The Morgan fingerprint density at radius 2 is 1.35 bits per heavy atom. The molecule has 0 spiro atoms. The third-order valence-corrected chi connectivity index (χ3v) is 8.52. The molecule has 1 fully saturated rings. The van der Waals surface area contributed by atoms with Gasteiger partial charge in [0.1, 0.15) is 11.9 Å². The summed E-state index contributed by atoms with van der Waals surface area (Å²) >= 11 is 0. The average Bonchev–Trinajstić information content (AvgIpc) is 3.07. The Balaban J connectivity index is 0.00000345. The molecule has 0 heterocycles. The lowest BCUT2D eigenvalue weighted by Gasteiger charge is -2.32. The van der Waals surface area contributed by atoms with Crippen LogP contribution in [-0.4, -0.2) is 37.7 Å². The van der Waals surface area contributed by atoms with E-state index in [9.17, 15) is 44.3 Å². The highest BCUT2D eigenvalue weighted by Gasteiger charge is 2.39. The zero-order valence-corrected chi connectivity index (χ0v) is 28.5. The number of ether oxygens (including phenoxy) is 3. The second-order valence-electron chi connectivity index (χ2n) is 11.9. The minimum atomic E-state index is -5.18. The van der Waals surface area contributed by atoms with Gasteiger partial charge in [0.2, 0.25) is 0 Å². The van der Waals surface area contributed by atoms with Gasteiger partial charge in [-0.05, 0) is 92.7 Å². The minimum Gasteiger partial charge on any atom is -0.496 e. The number of benzene rings is 3. The summed E-state index contributed by atoms with van der Waals surface area (Å²) in [6, 6.07) is 4.72. The van der Waals surface area contributed by atoms with Crippen LogP contribution in [0.25, 0.3) is 11.1 Å². The highest BCUT2D eigenvalue weighted by molar-refractivity contribution is 5.75. The molecule has 0 N–H and O–H groups in total. The van der Waals surface area contributed by atoms with Crippen molar-refractivity contribution in [1.82, 2.24) is 4.90 Å². The zero-order valence-electron chi connectivity index (χ0n) is 28.5. The van der Waals surface area contributed by atoms with E-state index in [1.54, 1.807) is 0 Å². The van der Waals surface area contributed by atoms with E-state index in [0.717, 1.165) is 43.5 Å². The molecule has 0 bridgehead atoms. The Kier molecular flexibility index (Phi) is 13.8. The molecular weight excluding hydrogens is 700 g/mol. The van der Waals surface area contributed by atoms with Crippen molar-refractivity contribution in [2.75, 3.05) is 14.2 Å². The van der Waals surface area contributed by atoms with E-state index >= 15 is 4.39 Å². The van der Waals surface area contributed by atoms with Crippen LogP contribution in [0.5, 0.6) is 11.5 Å². The molecule has 1 saturated carbocycles. The second kappa shape index (κ2) is 17.0. The number of halogens is 10. The Morgan fingerprint density at radius 3 is 1.86 bits per heavy atom. The van der Waals surface area contributed by atoms with Crippen LogP contribution in [0, 0.1) is 5.82 Å². The Labute approximate surface area is 289 Å². The first kappa shape index (κ1) is 41.4. The highest BCUT2D eigenvalue weighted by Crippen LogP contribution is 2.42. The molecule has 15 heteroatoms. The first-order valence-corrected chi connectivity index (χ1v) is 16.2.